The molecule has 1 rings (SSSR count). The molecule has 0 bridgehead atoms. The molecular weight excluding hydrogens is 359 g/mol. The van der Waals surface area contributed by atoms with Crippen LogP contribution in [0.5, 0.6) is 0 Å². The van der Waals surface area contributed by atoms with Gasteiger partial charge in [0.05, 0.1) is 0 Å². The number of rotatable bonds is 4. The summed E-state index contributed by atoms with van der Waals surface area (Å²) in [6, 6.07) is 0. The van der Waals surface area contributed by atoms with Gasteiger partial charge in [0, 0.05) is 0 Å². The molecule has 0 aromatic heterocycles. The Bertz CT molecular complexity index is 322. The summed E-state index contributed by atoms with van der Waals surface area (Å²) >= 11 is 0.695. The van der Waals surface area contributed by atoms with E-state index in [0.717, 1.165) is 0 Å². The summed E-state index contributed by atoms with van der Waals surface area (Å²) in [5.74, 6) is 0. The van der Waals surface area contributed by atoms with Crippen LogP contribution in [-0.4, -0.2) is 43.8 Å². The van der Waals surface area contributed by atoms with E-state index in [2.05, 4.69) is 67.7 Å². The first-order valence-electron chi connectivity index (χ1n) is 8.11. The molecule has 0 aromatic carbocycles. The maximum atomic E-state index is 6.69. The van der Waals surface area contributed by atoms with Crippen molar-refractivity contribution in [3.8, 4) is 0 Å². The monoisotopic (exact) mass is 396 g/mol. The SMILES string of the molecule is CC(C)(C)[Si](C)(C)O[C@H]1C[Se]C[C@@H]1O[Si](C)(C)C(C)(C)C. The van der Waals surface area contributed by atoms with E-state index >= 15 is 0 Å². The molecule has 1 saturated heterocycles. The Morgan fingerprint density at radius 3 is 1.24 bits per heavy atom. The minimum absolute atomic E-state index is 0.282. The van der Waals surface area contributed by atoms with Crippen molar-refractivity contribution in [3.05, 3.63) is 0 Å². The van der Waals surface area contributed by atoms with Gasteiger partial charge in [-0.25, -0.2) is 0 Å². The van der Waals surface area contributed by atoms with E-state index in [0.29, 0.717) is 27.2 Å². The molecule has 0 N–H and O–H groups in total. The van der Waals surface area contributed by atoms with Gasteiger partial charge in [-0.1, -0.05) is 0 Å². The predicted octanol–water partition coefficient (Wildman–Crippen LogP) is 5.32. The summed E-state index contributed by atoms with van der Waals surface area (Å²) in [5, 5.41) is 3.03. The van der Waals surface area contributed by atoms with Gasteiger partial charge in [0.1, 0.15) is 0 Å². The molecule has 0 spiro atoms. The molecule has 0 unspecified atom stereocenters. The third-order valence-electron chi connectivity index (χ3n) is 5.48. The number of hydrogen-bond donors (Lipinski definition) is 0. The van der Waals surface area contributed by atoms with E-state index in [1.54, 1.807) is 0 Å². The normalized spacial score (nSPS) is 25.4. The van der Waals surface area contributed by atoms with Crippen LogP contribution in [0.4, 0.5) is 0 Å². The van der Waals surface area contributed by atoms with Crippen molar-refractivity contribution in [2.24, 2.45) is 0 Å². The summed E-state index contributed by atoms with van der Waals surface area (Å²) in [7, 11) is -3.38. The second-order valence-electron chi connectivity index (χ2n) is 9.37. The van der Waals surface area contributed by atoms with Crippen LogP contribution < -0.4 is 0 Å². The Kier molecular flexibility index (Phi) is 6.08. The molecule has 1 heterocycles. The molecule has 1 fully saturated rings. The fraction of sp³-hybridized carbons (Fsp3) is 1.00. The van der Waals surface area contributed by atoms with Gasteiger partial charge in [-0.3, -0.25) is 0 Å². The van der Waals surface area contributed by atoms with Crippen molar-refractivity contribution in [3.63, 3.8) is 0 Å². The molecule has 2 atom stereocenters. The minimum atomic E-state index is -1.69. The molecule has 0 saturated carbocycles. The van der Waals surface area contributed by atoms with Gasteiger partial charge in [-0.15, -0.1) is 0 Å². The fourth-order valence-electron chi connectivity index (χ4n) is 1.85. The van der Waals surface area contributed by atoms with Crippen molar-refractivity contribution in [1.29, 1.82) is 0 Å². The van der Waals surface area contributed by atoms with Crippen LogP contribution in [-0.2, 0) is 8.85 Å². The van der Waals surface area contributed by atoms with E-state index in [4.69, 9.17) is 8.85 Å². The number of hydrogen-bond acceptors (Lipinski definition) is 2. The van der Waals surface area contributed by atoms with Gasteiger partial charge in [0.25, 0.3) is 0 Å². The third kappa shape index (κ3) is 4.92. The zero-order chi connectivity index (χ0) is 16.7. The second-order valence-corrected chi connectivity index (χ2v) is 21.1. The summed E-state index contributed by atoms with van der Waals surface area (Å²) in [4.78, 5) is 0. The quantitative estimate of drug-likeness (QED) is 0.600. The first-order valence-corrected chi connectivity index (χ1v) is 16.3. The van der Waals surface area contributed by atoms with Crippen molar-refractivity contribution < 1.29 is 8.85 Å². The van der Waals surface area contributed by atoms with Crippen LogP contribution in [0.2, 0.25) is 46.9 Å². The Morgan fingerprint density at radius 2 is 1.00 bits per heavy atom. The molecule has 0 amide bonds. The molecule has 1 aliphatic heterocycles. The molecule has 0 aliphatic carbocycles. The molecule has 126 valence electrons. The Balaban J connectivity index is 2.78. The summed E-state index contributed by atoms with van der Waals surface area (Å²) in [6.45, 7) is 23.4. The maximum absolute atomic E-state index is 6.69. The van der Waals surface area contributed by atoms with E-state index in [1.807, 2.05) is 0 Å². The summed E-state index contributed by atoms with van der Waals surface area (Å²) in [5.41, 5.74) is 0. The van der Waals surface area contributed by atoms with Crippen LogP contribution in [0.3, 0.4) is 0 Å². The standard InChI is InChI=1S/C16H36O2SeSi2/c1-15(2,3)20(7,8)17-13-11-19-12-14(13)18-21(9,10)16(4,5)6/h13-14H,11-12H2,1-10H3/t13-,14-/m0/s1. The van der Waals surface area contributed by atoms with Crippen molar-refractivity contribution in [1.82, 2.24) is 0 Å². The van der Waals surface area contributed by atoms with Gasteiger partial charge in [-0.05, 0) is 0 Å². The van der Waals surface area contributed by atoms with Crippen LogP contribution >= 0.6 is 0 Å². The third-order valence-corrected chi connectivity index (χ3v) is 16.9. The molecule has 0 radical (unpaired) electrons. The fourth-order valence-corrected chi connectivity index (χ4v) is 7.52. The van der Waals surface area contributed by atoms with Crippen LogP contribution in [0.25, 0.3) is 0 Å². The molecule has 21 heavy (non-hydrogen) atoms. The van der Waals surface area contributed by atoms with Crippen LogP contribution in [0.1, 0.15) is 41.5 Å². The molecule has 5 heteroatoms. The summed E-state index contributed by atoms with van der Waals surface area (Å²) < 4.78 is 13.4. The Morgan fingerprint density at radius 1 is 0.714 bits per heavy atom. The molecule has 2 nitrogen and oxygen atoms in total. The van der Waals surface area contributed by atoms with Crippen molar-refractivity contribution in [2.75, 3.05) is 0 Å². The van der Waals surface area contributed by atoms with Gasteiger partial charge < -0.3 is 0 Å². The zero-order valence-corrected chi connectivity index (χ0v) is 19.5. The van der Waals surface area contributed by atoms with Crippen LogP contribution in [0, 0.1) is 0 Å². The Hall–Kier alpha value is 0.873. The average Bonchev–Trinajstić information content (AvgIpc) is 2.60. The van der Waals surface area contributed by atoms with Crippen molar-refractivity contribution in [2.45, 2.75) is 101 Å². The molecule has 0 aromatic rings. The first kappa shape index (κ1) is 19.9. The van der Waals surface area contributed by atoms with Gasteiger partial charge >= 0.3 is 141 Å². The first-order chi connectivity index (χ1) is 9.17. The van der Waals surface area contributed by atoms with E-state index < -0.39 is 16.6 Å². The molecular formula is C16H36O2SeSi2. The topological polar surface area (TPSA) is 18.5 Å². The summed E-state index contributed by atoms with van der Waals surface area (Å²) in [6.07, 6.45) is 0.694. The van der Waals surface area contributed by atoms with E-state index in [-0.39, 0.29) is 10.1 Å². The second kappa shape index (κ2) is 6.41. The molecule has 1 aliphatic rings. The van der Waals surface area contributed by atoms with Gasteiger partial charge in [0.2, 0.25) is 0 Å². The zero-order valence-electron chi connectivity index (χ0n) is 15.8. The van der Waals surface area contributed by atoms with E-state index in [1.165, 1.54) is 10.6 Å². The van der Waals surface area contributed by atoms with Crippen molar-refractivity contribution >= 4 is 31.6 Å². The average molecular weight is 396 g/mol. The van der Waals surface area contributed by atoms with Gasteiger partial charge in [0.15, 0.2) is 0 Å². The van der Waals surface area contributed by atoms with E-state index in [9.17, 15) is 0 Å². The van der Waals surface area contributed by atoms with Gasteiger partial charge in [-0.2, -0.15) is 0 Å². The van der Waals surface area contributed by atoms with Crippen LogP contribution in [0.15, 0.2) is 0 Å². The predicted molar refractivity (Wildman–Crippen MR) is 99.5 cm³/mol. The Labute approximate surface area is 141 Å².